The normalized spacial score (nSPS) is 15.8. The predicted molar refractivity (Wildman–Crippen MR) is 115 cm³/mol. The third-order valence-electron chi connectivity index (χ3n) is 5.15. The number of nitrogens with one attached hydrogen (secondary N) is 1. The molecule has 0 spiro atoms. The van der Waals surface area contributed by atoms with E-state index in [-0.39, 0.29) is 5.54 Å². The van der Waals surface area contributed by atoms with Gasteiger partial charge in [0.05, 0.1) is 5.54 Å². The van der Waals surface area contributed by atoms with E-state index in [1.165, 1.54) is 40.4 Å². The molecule has 0 aliphatic heterocycles. The summed E-state index contributed by atoms with van der Waals surface area (Å²) in [7, 11) is 4.16. The van der Waals surface area contributed by atoms with Crippen molar-refractivity contribution in [2.45, 2.75) is 38.8 Å². The van der Waals surface area contributed by atoms with E-state index in [0.29, 0.717) is 5.92 Å². The first-order chi connectivity index (χ1) is 13.0. The molecule has 1 aliphatic carbocycles. The standard InChI is InChI=1S/C22H28N4S/c1-16(2)14-26-15-20(22(9-10-22)24-27-25(3)4)19-6-5-18(13-21(19)26)17-7-11-23-12-8-17/h5-8,11-13,15-16,24H,9-10,14H2,1-4H3. The van der Waals surface area contributed by atoms with Crippen LogP contribution in [-0.4, -0.2) is 28.0 Å². The molecule has 0 amide bonds. The van der Waals surface area contributed by atoms with Crippen LogP contribution >= 0.6 is 12.1 Å². The van der Waals surface area contributed by atoms with Gasteiger partial charge >= 0.3 is 0 Å². The molecule has 1 N–H and O–H groups in total. The molecule has 0 saturated heterocycles. The molecule has 27 heavy (non-hydrogen) atoms. The zero-order chi connectivity index (χ0) is 19.0. The molecule has 3 aromatic rings. The first kappa shape index (κ1) is 18.5. The number of rotatable bonds is 7. The first-order valence-corrected chi connectivity index (χ1v) is 10.4. The van der Waals surface area contributed by atoms with Crippen LogP contribution in [0.4, 0.5) is 0 Å². The Balaban J connectivity index is 1.79. The Kier molecular flexibility index (Phi) is 5.01. The topological polar surface area (TPSA) is 33.1 Å². The largest absolute Gasteiger partial charge is 0.347 e. The lowest BCUT2D eigenvalue weighted by Crippen LogP contribution is -2.25. The molecule has 2 heterocycles. The molecule has 1 aromatic carbocycles. The van der Waals surface area contributed by atoms with Crippen LogP contribution in [0.5, 0.6) is 0 Å². The highest BCUT2D eigenvalue weighted by molar-refractivity contribution is 7.95. The van der Waals surface area contributed by atoms with Crippen LogP contribution in [0.1, 0.15) is 32.3 Å². The molecule has 2 aromatic heterocycles. The van der Waals surface area contributed by atoms with Crippen molar-refractivity contribution >= 4 is 23.0 Å². The van der Waals surface area contributed by atoms with E-state index in [1.54, 1.807) is 12.1 Å². The Bertz CT molecular complexity index is 926. The molecule has 142 valence electrons. The van der Waals surface area contributed by atoms with Crippen molar-refractivity contribution in [2.24, 2.45) is 5.92 Å². The summed E-state index contributed by atoms with van der Waals surface area (Å²) in [6.45, 7) is 5.60. The molecule has 4 nitrogen and oxygen atoms in total. The molecule has 4 rings (SSSR count). The van der Waals surface area contributed by atoms with E-state index >= 15 is 0 Å². The summed E-state index contributed by atoms with van der Waals surface area (Å²) in [4.78, 5) is 4.15. The fourth-order valence-electron chi connectivity index (χ4n) is 3.67. The van der Waals surface area contributed by atoms with E-state index in [9.17, 15) is 0 Å². The summed E-state index contributed by atoms with van der Waals surface area (Å²) in [6, 6.07) is 11.0. The lowest BCUT2D eigenvalue weighted by atomic mass is 10.0. The van der Waals surface area contributed by atoms with Gasteiger partial charge in [-0.1, -0.05) is 26.0 Å². The van der Waals surface area contributed by atoms with E-state index in [1.807, 2.05) is 12.4 Å². The summed E-state index contributed by atoms with van der Waals surface area (Å²) < 4.78 is 8.28. The second kappa shape index (κ2) is 7.30. The second-order valence-corrected chi connectivity index (χ2v) is 9.26. The highest BCUT2D eigenvalue weighted by atomic mass is 32.2. The quantitative estimate of drug-likeness (QED) is 0.581. The van der Waals surface area contributed by atoms with Gasteiger partial charge in [-0.25, -0.2) is 9.03 Å². The van der Waals surface area contributed by atoms with Crippen molar-refractivity contribution in [3.63, 3.8) is 0 Å². The van der Waals surface area contributed by atoms with Crippen molar-refractivity contribution < 1.29 is 0 Å². The van der Waals surface area contributed by atoms with Gasteiger partial charge in [0.1, 0.15) is 0 Å². The Morgan fingerprint density at radius 3 is 2.52 bits per heavy atom. The summed E-state index contributed by atoms with van der Waals surface area (Å²) in [6.07, 6.45) is 8.50. The minimum atomic E-state index is 0.105. The molecule has 0 unspecified atom stereocenters. The minimum absolute atomic E-state index is 0.105. The highest BCUT2D eigenvalue weighted by Crippen LogP contribution is 2.50. The van der Waals surface area contributed by atoms with Gasteiger partial charge in [-0.05, 0) is 67.7 Å². The van der Waals surface area contributed by atoms with Crippen LogP contribution in [0.25, 0.3) is 22.0 Å². The third-order valence-corrected chi connectivity index (χ3v) is 5.99. The SMILES string of the molecule is CC(C)Cn1cc(C2(NSN(C)C)CC2)c2ccc(-c3ccncc3)cc21. The van der Waals surface area contributed by atoms with Gasteiger partial charge in [-0.2, -0.15) is 0 Å². The van der Waals surface area contributed by atoms with Gasteiger partial charge in [0, 0.05) is 48.2 Å². The number of benzene rings is 1. The zero-order valence-electron chi connectivity index (χ0n) is 16.6. The summed E-state index contributed by atoms with van der Waals surface area (Å²) in [5, 5.41) is 1.37. The zero-order valence-corrected chi connectivity index (χ0v) is 17.4. The van der Waals surface area contributed by atoms with Crippen molar-refractivity contribution in [2.75, 3.05) is 14.1 Å². The Morgan fingerprint density at radius 1 is 1.15 bits per heavy atom. The van der Waals surface area contributed by atoms with Crippen LogP contribution in [0.2, 0.25) is 0 Å². The van der Waals surface area contributed by atoms with Crippen LogP contribution < -0.4 is 4.72 Å². The maximum Gasteiger partial charge on any atom is 0.0566 e. The number of aromatic nitrogens is 2. The number of hydrogen-bond donors (Lipinski definition) is 1. The summed E-state index contributed by atoms with van der Waals surface area (Å²) in [5.41, 5.74) is 5.34. The summed E-state index contributed by atoms with van der Waals surface area (Å²) in [5.74, 6) is 0.609. The van der Waals surface area contributed by atoms with E-state index in [2.05, 4.69) is 83.0 Å². The monoisotopic (exact) mass is 380 g/mol. The van der Waals surface area contributed by atoms with Crippen LogP contribution in [0.3, 0.4) is 0 Å². The van der Waals surface area contributed by atoms with Gasteiger partial charge in [-0.15, -0.1) is 0 Å². The molecule has 1 saturated carbocycles. The second-order valence-electron chi connectivity index (χ2n) is 8.14. The molecule has 0 atom stereocenters. The van der Waals surface area contributed by atoms with E-state index in [0.717, 1.165) is 6.54 Å². The molecule has 1 aliphatic rings. The maximum atomic E-state index is 4.15. The van der Waals surface area contributed by atoms with Crippen molar-refractivity contribution in [1.82, 2.24) is 18.6 Å². The number of pyridine rings is 1. The average molecular weight is 381 g/mol. The number of hydrogen-bond acceptors (Lipinski definition) is 4. The molecule has 0 bridgehead atoms. The molecule has 5 heteroatoms. The predicted octanol–water partition coefficient (Wildman–Crippen LogP) is 5.06. The van der Waals surface area contributed by atoms with Gasteiger partial charge in [-0.3, -0.25) is 4.98 Å². The molecular formula is C22H28N4S. The molecule has 1 fully saturated rings. The minimum Gasteiger partial charge on any atom is -0.347 e. The van der Waals surface area contributed by atoms with Crippen molar-refractivity contribution in [3.8, 4) is 11.1 Å². The lowest BCUT2D eigenvalue weighted by Gasteiger charge is -2.19. The smallest absolute Gasteiger partial charge is 0.0566 e. The van der Waals surface area contributed by atoms with Crippen molar-refractivity contribution in [1.29, 1.82) is 0 Å². The summed E-state index contributed by atoms with van der Waals surface area (Å²) >= 11 is 1.69. The lowest BCUT2D eigenvalue weighted by molar-refractivity contribution is 0.532. The fraction of sp³-hybridized carbons (Fsp3) is 0.409. The number of nitrogens with zero attached hydrogens (tertiary/aromatic N) is 3. The van der Waals surface area contributed by atoms with Gasteiger partial charge < -0.3 is 4.57 Å². The van der Waals surface area contributed by atoms with Crippen LogP contribution in [0, 0.1) is 5.92 Å². The van der Waals surface area contributed by atoms with Crippen LogP contribution in [0.15, 0.2) is 48.9 Å². The Morgan fingerprint density at radius 2 is 1.89 bits per heavy atom. The Hall–Kier alpha value is -1.82. The average Bonchev–Trinajstić information content (AvgIpc) is 3.37. The number of fused-ring (bicyclic) bond motifs is 1. The van der Waals surface area contributed by atoms with Gasteiger partial charge in [0.2, 0.25) is 0 Å². The highest BCUT2D eigenvalue weighted by Gasteiger charge is 2.46. The molecule has 0 radical (unpaired) electrons. The van der Waals surface area contributed by atoms with Crippen LogP contribution in [-0.2, 0) is 12.1 Å². The van der Waals surface area contributed by atoms with Gasteiger partial charge in [0.15, 0.2) is 0 Å². The Labute approximate surface area is 166 Å². The maximum absolute atomic E-state index is 4.15. The van der Waals surface area contributed by atoms with E-state index < -0.39 is 0 Å². The molecular weight excluding hydrogens is 352 g/mol. The third kappa shape index (κ3) is 3.77. The first-order valence-electron chi connectivity index (χ1n) is 9.64. The van der Waals surface area contributed by atoms with Crippen molar-refractivity contribution in [3.05, 3.63) is 54.5 Å². The fourth-order valence-corrected chi connectivity index (χ4v) is 4.34. The van der Waals surface area contributed by atoms with Gasteiger partial charge in [0.25, 0.3) is 0 Å². The van der Waals surface area contributed by atoms with E-state index in [4.69, 9.17) is 0 Å².